The van der Waals surface area contributed by atoms with Crippen LogP contribution >= 0.6 is 0 Å². The first-order chi connectivity index (χ1) is 25.1. The van der Waals surface area contributed by atoms with Gasteiger partial charge in [-0.25, -0.2) is 19.4 Å². The van der Waals surface area contributed by atoms with Crippen molar-refractivity contribution in [3.8, 4) is 0 Å². The smallest absolute Gasteiger partial charge is 0.505 e. The van der Waals surface area contributed by atoms with Gasteiger partial charge in [-0.05, 0) is 47.6 Å². The molecule has 270 valence electrons. The molecule has 0 saturated carbocycles. The monoisotopic (exact) mass is 723 g/mol. The quantitative estimate of drug-likeness (QED) is 0.0789. The van der Waals surface area contributed by atoms with E-state index in [1.807, 2.05) is 41.0 Å². The van der Waals surface area contributed by atoms with Crippen LogP contribution in [0, 0.1) is 0 Å². The number of aliphatic hydroxyl groups excluding tert-OH is 1. The summed E-state index contributed by atoms with van der Waals surface area (Å²) in [6.07, 6.45) is 4.43. The zero-order valence-corrected chi connectivity index (χ0v) is 30.5. The maximum absolute atomic E-state index is 13.4. The molecule has 7 rings (SSSR count). The number of aromatic nitrogens is 3. The number of imidazole rings is 1. The average molecular weight is 724 g/mol. The third-order valence-corrected chi connectivity index (χ3v) is 13.6. The van der Waals surface area contributed by atoms with E-state index >= 15 is 0 Å². The molecular weight excluding hydrogens is 683 g/mol. The zero-order chi connectivity index (χ0) is 36.5. The molecule has 0 radical (unpaired) electrons. The molecule has 1 atom stereocenters. The molecule has 0 fully saturated rings. The van der Waals surface area contributed by atoms with E-state index in [-0.39, 0.29) is 37.6 Å². The van der Waals surface area contributed by atoms with E-state index in [2.05, 4.69) is 36.4 Å². The van der Waals surface area contributed by atoms with Gasteiger partial charge in [0.2, 0.25) is 11.4 Å². The lowest BCUT2D eigenvalue weighted by Crippen LogP contribution is -2.52. The van der Waals surface area contributed by atoms with Gasteiger partial charge in [0.05, 0.1) is 25.0 Å². The number of hydrogen-bond donors (Lipinski definition) is 1. The van der Waals surface area contributed by atoms with Crippen LogP contribution in [0.3, 0.4) is 0 Å². The second kappa shape index (κ2) is 14.3. The van der Waals surface area contributed by atoms with Crippen LogP contribution in [-0.4, -0.2) is 64.8 Å². The fraction of sp³-hybridized carbons (Fsp3) is 0.359. The van der Waals surface area contributed by atoms with Gasteiger partial charge in [-0.2, -0.15) is 0 Å². The number of carbonyl (C=O) groups excluding carboxylic acids is 3. The van der Waals surface area contributed by atoms with Gasteiger partial charge in [0.25, 0.3) is 0 Å². The molecule has 4 aromatic rings. The standard InChI is InChI=1S/C39H41N3O9Si/c1-4-39(50-38(46)49-23-25-10-6-5-7-11-25)30-21-31-34(35(43)29(30)24-48-37(39)45)42-22-28-26(12-8-13-27(28)20-33(42)41-31)15-19-52(2,3)18-9-17-47-36(44)32-14-16-40-51-32/h5-8,10-14,16,20,43H,4,9,15,17-19,21-24H2,1-3H3. The van der Waals surface area contributed by atoms with Gasteiger partial charge in [0.15, 0.2) is 0 Å². The Kier molecular flexibility index (Phi) is 9.62. The summed E-state index contributed by atoms with van der Waals surface area (Å²) in [5, 5.41) is 15.9. The normalized spacial score (nSPS) is 17.6. The summed E-state index contributed by atoms with van der Waals surface area (Å²) >= 11 is 0. The minimum absolute atomic E-state index is 0.0176. The number of aliphatic hydroxyl groups is 1. The second-order valence-electron chi connectivity index (χ2n) is 14.1. The molecule has 4 heterocycles. The first-order valence-electron chi connectivity index (χ1n) is 17.6. The van der Waals surface area contributed by atoms with Crippen molar-refractivity contribution in [3.63, 3.8) is 0 Å². The van der Waals surface area contributed by atoms with Crippen molar-refractivity contribution in [2.75, 3.05) is 13.2 Å². The molecule has 0 spiro atoms. The molecule has 52 heavy (non-hydrogen) atoms. The van der Waals surface area contributed by atoms with E-state index < -0.39 is 31.8 Å². The Labute approximate surface area is 301 Å². The van der Waals surface area contributed by atoms with Crippen molar-refractivity contribution in [1.29, 1.82) is 0 Å². The SMILES string of the molecule is CCC1(OC(=O)OCc2ccccc2)C(=O)OCC2=C1Cc1nc3n(c1=C2O)Cc1c(cccc1CC[Si](C)(C)CCCOC(=O)c1ccno1)C=3. The molecule has 2 aromatic heterocycles. The van der Waals surface area contributed by atoms with Crippen LogP contribution in [0.2, 0.25) is 25.2 Å². The Morgan fingerprint density at radius 3 is 2.65 bits per heavy atom. The molecule has 13 heteroatoms. The van der Waals surface area contributed by atoms with Crippen molar-refractivity contribution in [2.45, 2.75) is 76.5 Å². The summed E-state index contributed by atoms with van der Waals surface area (Å²) in [7, 11) is -1.63. The van der Waals surface area contributed by atoms with E-state index in [1.165, 1.54) is 23.4 Å². The summed E-state index contributed by atoms with van der Waals surface area (Å²) in [5.74, 6) is -1.13. The second-order valence-corrected chi connectivity index (χ2v) is 19.5. The molecule has 1 N–H and O–H groups in total. The number of aryl methyl sites for hydroxylation is 1. The Hall–Kier alpha value is -5.43. The van der Waals surface area contributed by atoms with Crippen molar-refractivity contribution in [3.05, 3.63) is 116 Å². The van der Waals surface area contributed by atoms with Crippen molar-refractivity contribution in [2.24, 2.45) is 0 Å². The Bertz CT molecular complexity index is 2170. The number of carbonyl (C=O) groups is 3. The Balaban J connectivity index is 1.08. The van der Waals surface area contributed by atoms with Crippen molar-refractivity contribution < 1.29 is 43.0 Å². The summed E-state index contributed by atoms with van der Waals surface area (Å²) in [5.41, 5.74) is 4.70. The van der Waals surface area contributed by atoms with Crippen LogP contribution in [-0.2, 0) is 49.7 Å². The largest absolute Gasteiger partial charge is 0.510 e. The summed E-state index contributed by atoms with van der Waals surface area (Å²) in [6, 6.07) is 19.1. The molecular formula is C39H41N3O9Si. The van der Waals surface area contributed by atoms with E-state index in [1.54, 1.807) is 6.92 Å². The van der Waals surface area contributed by atoms with E-state index in [0.717, 1.165) is 36.1 Å². The molecule has 0 amide bonds. The zero-order valence-electron chi connectivity index (χ0n) is 29.5. The lowest BCUT2D eigenvalue weighted by Gasteiger charge is -2.38. The van der Waals surface area contributed by atoms with Crippen LogP contribution in [0.15, 0.2) is 76.5 Å². The van der Waals surface area contributed by atoms with Gasteiger partial charge in [0, 0.05) is 31.7 Å². The maximum atomic E-state index is 13.4. The highest BCUT2D eigenvalue weighted by molar-refractivity contribution is 6.77. The Morgan fingerprint density at radius 2 is 1.88 bits per heavy atom. The van der Waals surface area contributed by atoms with Gasteiger partial charge in [-0.3, -0.25) is 0 Å². The molecule has 12 nitrogen and oxygen atoms in total. The average Bonchev–Trinajstić information content (AvgIpc) is 3.81. The van der Waals surface area contributed by atoms with Gasteiger partial charge in [0.1, 0.15) is 29.8 Å². The molecule has 1 unspecified atom stereocenters. The van der Waals surface area contributed by atoms with Gasteiger partial charge < -0.3 is 33.1 Å². The van der Waals surface area contributed by atoms with Gasteiger partial charge in [-0.15, -0.1) is 0 Å². The summed E-state index contributed by atoms with van der Waals surface area (Å²) in [4.78, 5) is 43.3. The molecule has 0 saturated heterocycles. The first kappa shape index (κ1) is 35.0. The number of benzene rings is 2. The minimum Gasteiger partial charge on any atom is -0.505 e. The molecule has 1 aliphatic carbocycles. The van der Waals surface area contributed by atoms with Gasteiger partial charge >= 0.3 is 18.1 Å². The fourth-order valence-corrected chi connectivity index (χ4v) is 9.60. The van der Waals surface area contributed by atoms with Crippen LogP contribution in [0.1, 0.15) is 58.3 Å². The fourth-order valence-electron chi connectivity index (χ4n) is 7.30. The van der Waals surface area contributed by atoms with E-state index in [0.29, 0.717) is 40.8 Å². The van der Waals surface area contributed by atoms with Crippen LogP contribution in [0.4, 0.5) is 4.79 Å². The van der Waals surface area contributed by atoms with Crippen LogP contribution in [0.25, 0.3) is 11.8 Å². The lowest BCUT2D eigenvalue weighted by atomic mass is 9.80. The number of fused-ring (bicyclic) bond motifs is 4. The number of hydrogen-bond acceptors (Lipinski definition) is 11. The van der Waals surface area contributed by atoms with Crippen molar-refractivity contribution in [1.82, 2.24) is 14.7 Å². The van der Waals surface area contributed by atoms with Crippen LogP contribution in [0.5, 0.6) is 0 Å². The molecule has 2 aliphatic heterocycles. The minimum atomic E-state index is -1.76. The van der Waals surface area contributed by atoms with Gasteiger partial charge in [-0.1, -0.05) is 85.8 Å². The third-order valence-electron chi connectivity index (χ3n) is 10.3. The third kappa shape index (κ3) is 6.80. The number of esters is 2. The molecule has 2 aromatic carbocycles. The number of cyclic esters (lactones) is 1. The highest BCUT2D eigenvalue weighted by Crippen LogP contribution is 2.39. The predicted octanol–water partition coefficient (Wildman–Crippen LogP) is 5.14. The summed E-state index contributed by atoms with van der Waals surface area (Å²) in [6.45, 7) is 7.14. The number of ether oxygens (including phenoxy) is 4. The maximum Gasteiger partial charge on any atom is 0.510 e. The summed E-state index contributed by atoms with van der Waals surface area (Å²) < 4.78 is 29.0. The first-order valence-corrected chi connectivity index (χ1v) is 21.0. The predicted molar refractivity (Wildman–Crippen MR) is 191 cm³/mol. The highest BCUT2D eigenvalue weighted by Gasteiger charge is 2.52. The molecule has 0 bridgehead atoms. The lowest BCUT2D eigenvalue weighted by molar-refractivity contribution is -0.166. The van der Waals surface area contributed by atoms with E-state index in [4.69, 9.17) is 28.5 Å². The number of rotatable bonds is 12. The highest BCUT2D eigenvalue weighted by atomic mass is 28.3. The Morgan fingerprint density at radius 1 is 1.06 bits per heavy atom. The van der Waals surface area contributed by atoms with E-state index in [9.17, 15) is 19.5 Å². The number of nitrogens with zero attached hydrogens (tertiary/aromatic N) is 3. The van der Waals surface area contributed by atoms with Crippen LogP contribution < -0.4 is 10.8 Å². The van der Waals surface area contributed by atoms with Crippen molar-refractivity contribution >= 4 is 38.0 Å². The topological polar surface area (TPSA) is 152 Å². The molecule has 3 aliphatic rings.